The molecule has 35 heavy (non-hydrogen) atoms. The van der Waals surface area contributed by atoms with E-state index in [1.807, 2.05) is 72.8 Å². The van der Waals surface area contributed by atoms with Gasteiger partial charge in [-0.1, -0.05) is 60.1 Å². The van der Waals surface area contributed by atoms with Gasteiger partial charge in [0, 0.05) is 28.4 Å². The minimum atomic E-state index is -0.0818. The summed E-state index contributed by atoms with van der Waals surface area (Å²) in [5.74, 6) is 0.388. The highest BCUT2D eigenvalue weighted by atomic mass is 35.5. The van der Waals surface area contributed by atoms with Gasteiger partial charge < -0.3 is 10.6 Å². The Morgan fingerprint density at radius 3 is 2.49 bits per heavy atom. The number of hydrogen-bond donors (Lipinski definition) is 2. The Labute approximate surface area is 208 Å². The van der Waals surface area contributed by atoms with Crippen molar-refractivity contribution < 1.29 is 4.79 Å². The summed E-state index contributed by atoms with van der Waals surface area (Å²) in [6.07, 6.45) is 1.83. The number of amides is 1. The van der Waals surface area contributed by atoms with Gasteiger partial charge >= 0.3 is 0 Å². The second-order valence-corrected chi connectivity index (χ2v) is 8.61. The second kappa shape index (κ2) is 10.4. The minimum absolute atomic E-state index is 0.0818. The lowest BCUT2D eigenvalue weighted by molar-refractivity contribution is 0.0953. The molecule has 0 aliphatic rings. The number of hydrogen-bond acceptors (Lipinski definition) is 4. The highest BCUT2D eigenvalue weighted by molar-refractivity contribution is 6.30. The molecule has 0 aliphatic heterocycles. The third-order valence-corrected chi connectivity index (χ3v) is 5.89. The van der Waals surface area contributed by atoms with Crippen molar-refractivity contribution in [2.45, 2.75) is 12.8 Å². The van der Waals surface area contributed by atoms with Crippen molar-refractivity contribution in [1.82, 2.24) is 19.9 Å². The molecule has 0 saturated heterocycles. The molecule has 0 radical (unpaired) electrons. The van der Waals surface area contributed by atoms with Gasteiger partial charge in [0.2, 0.25) is 5.95 Å². The highest BCUT2D eigenvalue weighted by Gasteiger charge is 2.10. The summed E-state index contributed by atoms with van der Waals surface area (Å²) in [5.41, 5.74) is 5.25. The zero-order chi connectivity index (χ0) is 24.0. The Kier molecular flexibility index (Phi) is 6.73. The van der Waals surface area contributed by atoms with Crippen LogP contribution in [0.4, 0.5) is 11.6 Å². The van der Waals surface area contributed by atoms with Gasteiger partial charge in [-0.3, -0.25) is 4.79 Å². The van der Waals surface area contributed by atoms with Crippen LogP contribution in [-0.2, 0) is 6.42 Å². The van der Waals surface area contributed by atoms with E-state index >= 15 is 0 Å². The normalized spacial score (nSPS) is 10.9. The Hall–Kier alpha value is -4.16. The van der Waals surface area contributed by atoms with Crippen molar-refractivity contribution in [3.8, 4) is 11.3 Å². The number of anilines is 2. The third kappa shape index (κ3) is 5.50. The number of rotatable bonds is 8. The lowest BCUT2D eigenvalue weighted by Crippen LogP contribution is -2.24. The van der Waals surface area contributed by atoms with Gasteiger partial charge in [0.05, 0.1) is 5.69 Å². The fourth-order valence-electron chi connectivity index (χ4n) is 3.90. The number of carbonyl (C=O) groups is 1. The van der Waals surface area contributed by atoms with Gasteiger partial charge in [-0.15, -0.1) is 5.10 Å². The van der Waals surface area contributed by atoms with E-state index in [1.165, 1.54) is 5.56 Å². The van der Waals surface area contributed by atoms with E-state index in [0.29, 0.717) is 23.1 Å². The van der Waals surface area contributed by atoms with Gasteiger partial charge in [-0.2, -0.15) is 4.98 Å². The molecule has 2 heterocycles. The Balaban J connectivity index is 1.22. The third-order valence-electron chi connectivity index (χ3n) is 5.65. The number of fused-ring (bicyclic) bond motifs is 1. The smallest absolute Gasteiger partial charge is 0.251 e. The first-order valence-corrected chi connectivity index (χ1v) is 11.8. The predicted molar refractivity (Wildman–Crippen MR) is 140 cm³/mol. The summed E-state index contributed by atoms with van der Waals surface area (Å²) >= 11 is 6.17. The number of aryl methyl sites for hydroxylation is 1. The van der Waals surface area contributed by atoms with Gasteiger partial charge in [-0.05, 0) is 66.9 Å². The number of benzene rings is 3. The molecule has 5 rings (SSSR count). The number of pyridine rings is 1. The van der Waals surface area contributed by atoms with Crippen LogP contribution in [0.2, 0.25) is 5.02 Å². The number of carbonyl (C=O) groups excluding carboxylic acids is 1. The van der Waals surface area contributed by atoms with Gasteiger partial charge in [0.25, 0.3) is 5.91 Å². The zero-order valence-corrected chi connectivity index (χ0v) is 19.7. The van der Waals surface area contributed by atoms with Gasteiger partial charge in [0.1, 0.15) is 0 Å². The number of nitrogens with one attached hydrogen (secondary N) is 2. The molecule has 0 aliphatic carbocycles. The average molecular weight is 482 g/mol. The summed E-state index contributed by atoms with van der Waals surface area (Å²) in [4.78, 5) is 17.0. The summed E-state index contributed by atoms with van der Waals surface area (Å²) in [6.45, 7) is 0.633. The molecule has 5 aromatic rings. The summed E-state index contributed by atoms with van der Waals surface area (Å²) < 4.78 is 1.78. The van der Waals surface area contributed by atoms with Crippen molar-refractivity contribution in [2.24, 2.45) is 0 Å². The SMILES string of the molecule is O=C(NCCCc1ccccc1)c1ccc(Nc2nc3cccc(-c4cccc(Cl)c4)n3n2)cc1. The summed E-state index contributed by atoms with van der Waals surface area (Å²) in [5, 5.41) is 11.5. The highest BCUT2D eigenvalue weighted by Crippen LogP contribution is 2.24. The molecule has 2 aromatic heterocycles. The van der Waals surface area contributed by atoms with Crippen LogP contribution in [0, 0.1) is 0 Å². The van der Waals surface area contributed by atoms with Crippen LogP contribution in [0.15, 0.2) is 97.1 Å². The standard InChI is InChI=1S/C28H24ClN5O/c29-23-11-4-10-22(19-23)25-12-5-13-26-32-28(33-34(25)26)31-24-16-14-21(15-17-24)27(35)30-18-6-9-20-7-2-1-3-8-20/h1-5,7-8,10-17,19H,6,9,18H2,(H,30,35)(H,31,33). The van der Waals surface area contributed by atoms with Crippen LogP contribution in [0.5, 0.6) is 0 Å². The summed E-state index contributed by atoms with van der Waals surface area (Å²) in [6, 6.07) is 31.0. The topological polar surface area (TPSA) is 71.3 Å². The van der Waals surface area contributed by atoms with Crippen molar-refractivity contribution in [3.63, 3.8) is 0 Å². The first-order valence-electron chi connectivity index (χ1n) is 11.5. The minimum Gasteiger partial charge on any atom is -0.352 e. The van der Waals surface area contributed by atoms with Gasteiger partial charge in [-0.25, -0.2) is 4.52 Å². The first-order chi connectivity index (χ1) is 17.2. The number of halogens is 1. The molecule has 2 N–H and O–H groups in total. The fourth-order valence-corrected chi connectivity index (χ4v) is 4.09. The monoisotopic (exact) mass is 481 g/mol. The van der Waals surface area contributed by atoms with E-state index in [9.17, 15) is 4.79 Å². The molecule has 1 amide bonds. The Morgan fingerprint density at radius 1 is 0.886 bits per heavy atom. The van der Waals surface area contributed by atoms with Crippen LogP contribution in [-0.4, -0.2) is 27.0 Å². The number of nitrogens with zero attached hydrogens (tertiary/aromatic N) is 3. The molecule has 3 aromatic carbocycles. The average Bonchev–Trinajstić information content (AvgIpc) is 3.30. The molecule has 0 fully saturated rings. The predicted octanol–water partition coefficient (Wildman–Crippen LogP) is 6.16. The van der Waals surface area contributed by atoms with E-state index in [2.05, 4.69) is 32.8 Å². The molecule has 0 spiro atoms. The largest absolute Gasteiger partial charge is 0.352 e. The molecule has 6 nitrogen and oxygen atoms in total. The Bertz CT molecular complexity index is 1450. The van der Waals surface area contributed by atoms with Crippen molar-refractivity contribution >= 4 is 34.8 Å². The van der Waals surface area contributed by atoms with E-state index in [4.69, 9.17) is 11.6 Å². The maximum atomic E-state index is 12.5. The van der Waals surface area contributed by atoms with E-state index < -0.39 is 0 Å². The zero-order valence-electron chi connectivity index (χ0n) is 19.0. The maximum Gasteiger partial charge on any atom is 0.251 e. The molecule has 0 bridgehead atoms. The number of aromatic nitrogens is 3. The van der Waals surface area contributed by atoms with Crippen LogP contribution in [0.3, 0.4) is 0 Å². The molecule has 0 saturated carbocycles. The maximum absolute atomic E-state index is 12.5. The molecular weight excluding hydrogens is 458 g/mol. The lowest BCUT2D eigenvalue weighted by Gasteiger charge is -2.07. The summed E-state index contributed by atoms with van der Waals surface area (Å²) in [7, 11) is 0. The molecule has 174 valence electrons. The molecular formula is C28H24ClN5O. The molecule has 0 unspecified atom stereocenters. The molecule has 7 heteroatoms. The van der Waals surface area contributed by atoms with E-state index in [-0.39, 0.29) is 5.91 Å². The quantitative estimate of drug-likeness (QED) is 0.260. The van der Waals surface area contributed by atoms with Crippen LogP contribution in [0.25, 0.3) is 16.9 Å². The van der Waals surface area contributed by atoms with Gasteiger partial charge in [0.15, 0.2) is 5.65 Å². The van der Waals surface area contributed by atoms with Crippen LogP contribution < -0.4 is 10.6 Å². The van der Waals surface area contributed by atoms with E-state index in [0.717, 1.165) is 35.4 Å². The van der Waals surface area contributed by atoms with Crippen molar-refractivity contribution in [3.05, 3.63) is 113 Å². The Morgan fingerprint density at radius 2 is 1.69 bits per heavy atom. The molecule has 0 atom stereocenters. The fraction of sp³-hybridized carbons (Fsp3) is 0.107. The van der Waals surface area contributed by atoms with Crippen LogP contribution >= 0.6 is 11.6 Å². The van der Waals surface area contributed by atoms with Crippen molar-refractivity contribution in [1.29, 1.82) is 0 Å². The second-order valence-electron chi connectivity index (χ2n) is 8.17. The van der Waals surface area contributed by atoms with E-state index in [1.54, 1.807) is 16.6 Å². The lowest BCUT2D eigenvalue weighted by atomic mass is 10.1. The van der Waals surface area contributed by atoms with Crippen LogP contribution in [0.1, 0.15) is 22.3 Å². The van der Waals surface area contributed by atoms with Crippen molar-refractivity contribution in [2.75, 3.05) is 11.9 Å². The first kappa shape index (κ1) is 22.6.